The Kier molecular flexibility index (Phi) is 6.17. The van der Waals surface area contributed by atoms with E-state index < -0.39 is 16.0 Å². The minimum atomic E-state index is -3.68. The van der Waals surface area contributed by atoms with E-state index in [9.17, 15) is 13.2 Å². The molecule has 0 bridgehead atoms. The van der Waals surface area contributed by atoms with E-state index in [0.717, 1.165) is 19.3 Å². The number of hydrogen-bond acceptors (Lipinski definition) is 6. The minimum absolute atomic E-state index is 0.0183. The third kappa shape index (κ3) is 4.54. The summed E-state index contributed by atoms with van der Waals surface area (Å²) in [5.41, 5.74) is 0.0962. The number of carbonyl (C=O) groups excluding carboxylic acids is 1. The summed E-state index contributed by atoms with van der Waals surface area (Å²) in [4.78, 5) is 14.7. The van der Waals surface area contributed by atoms with E-state index in [2.05, 4.69) is 9.71 Å². The van der Waals surface area contributed by atoms with E-state index >= 15 is 0 Å². The Bertz CT molecular complexity index is 627. The second kappa shape index (κ2) is 7.91. The number of methoxy groups -OCH3 is 2. The summed E-state index contributed by atoms with van der Waals surface area (Å²) in [6, 6.07) is 1.26. The number of aromatic nitrogens is 1. The lowest BCUT2D eigenvalue weighted by atomic mass is 10.2. The SMILES string of the molecule is COCCNS(=O)(=O)c1c[nH]c(C(=O)O[C@@H]2CCC[C@@H]2OC)c1. The first-order valence-electron chi connectivity index (χ1n) is 7.38. The molecule has 1 heterocycles. The molecule has 1 aliphatic carbocycles. The molecule has 0 radical (unpaired) electrons. The Morgan fingerprint density at radius 3 is 2.78 bits per heavy atom. The number of nitrogens with one attached hydrogen (secondary N) is 2. The molecule has 0 aromatic carbocycles. The fourth-order valence-corrected chi connectivity index (χ4v) is 3.51. The molecule has 2 rings (SSSR count). The lowest BCUT2D eigenvalue weighted by Crippen LogP contribution is -2.28. The second-order valence-corrected chi connectivity index (χ2v) is 7.06. The van der Waals surface area contributed by atoms with Crippen molar-refractivity contribution in [2.75, 3.05) is 27.4 Å². The summed E-state index contributed by atoms with van der Waals surface area (Å²) in [7, 11) is -0.615. The molecule has 8 nitrogen and oxygen atoms in total. The molecule has 1 fully saturated rings. The van der Waals surface area contributed by atoms with Gasteiger partial charge in [-0.05, 0) is 25.3 Å². The molecule has 23 heavy (non-hydrogen) atoms. The van der Waals surface area contributed by atoms with Gasteiger partial charge in [0.05, 0.1) is 12.7 Å². The molecule has 0 unspecified atom stereocenters. The number of esters is 1. The molecular weight excluding hydrogens is 324 g/mol. The topological polar surface area (TPSA) is 107 Å². The van der Waals surface area contributed by atoms with Gasteiger partial charge in [0, 0.05) is 27.0 Å². The lowest BCUT2D eigenvalue weighted by Gasteiger charge is -2.18. The number of aromatic amines is 1. The minimum Gasteiger partial charge on any atom is -0.455 e. The van der Waals surface area contributed by atoms with E-state index in [-0.39, 0.29) is 35.9 Å². The lowest BCUT2D eigenvalue weighted by molar-refractivity contribution is -0.0210. The first kappa shape index (κ1) is 17.9. The average molecular weight is 346 g/mol. The van der Waals surface area contributed by atoms with Crippen molar-refractivity contribution in [2.24, 2.45) is 0 Å². The summed E-state index contributed by atoms with van der Waals surface area (Å²) in [5, 5.41) is 0. The van der Waals surface area contributed by atoms with Crippen molar-refractivity contribution in [1.82, 2.24) is 9.71 Å². The summed E-state index contributed by atoms with van der Waals surface area (Å²) >= 11 is 0. The predicted molar refractivity (Wildman–Crippen MR) is 81.7 cm³/mol. The molecule has 9 heteroatoms. The van der Waals surface area contributed by atoms with Crippen LogP contribution in [0, 0.1) is 0 Å². The fraction of sp³-hybridized carbons (Fsp3) is 0.643. The molecule has 0 aliphatic heterocycles. The highest BCUT2D eigenvalue weighted by atomic mass is 32.2. The zero-order valence-electron chi connectivity index (χ0n) is 13.2. The zero-order chi connectivity index (χ0) is 16.9. The van der Waals surface area contributed by atoms with Crippen molar-refractivity contribution in [3.8, 4) is 0 Å². The number of sulfonamides is 1. The van der Waals surface area contributed by atoms with Gasteiger partial charge in [-0.3, -0.25) is 0 Å². The van der Waals surface area contributed by atoms with Crippen molar-refractivity contribution in [3.63, 3.8) is 0 Å². The van der Waals surface area contributed by atoms with Crippen molar-refractivity contribution >= 4 is 16.0 Å². The van der Waals surface area contributed by atoms with Crippen LogP contribution in [0.2, 0.25) is 0 Å². The van der Waals surface area contributed by atoms with Crippen molar-refractivity contribution in [1.29, 1.82) is 0 Å². The Labute approximate surface area is 135 Å². The third-order valence-electron chi connectivity index (χ3n) is 3.74. The Morgan fingerprint density at radius 1 is 1.35 bits per heavy atom. The van der Waals surface area contributed by atoms with Gasteiger partial charge in [-0.25, -0.2) is 17.9 Å². The number of H-pyrrole nitrogens is 1. The van der Waals surface area contributed by atoms with Crippen LogP contribution in [0.5, 0.6) is 0 Å². The van der Waals surface area contributed by atoms with Gasteiger partial charge in [-0.2, -0.15) is 0 Å². The van der Waals surface area contributed by atoms with Gasteiger partial charge in [0.15, 0.2) is 0 Å². The quantitative estimate of drug-likeness (QED) is 0.529. The maximum atomic E-state index is 12.1. The number of ether oxygens (including phenoxy) is 3. The maximum Gasteiger partial charge on any atom is 0.355 e. The van der Waals surface area contributed by atoms with Crippen LogP contribution in [0.4, 0.5) is 0 Å². The highest BCUT2D eigenvalue weighted by Gasteiger charge is 2.31. The zero-order valence-corrected chi connectivity index (χ0v) is 14.0. The first-order valence-corrected chi connectivity index (χ1v) is 8.87. The molecule has 1 aliphatic rings. The van der Waals surface area contributed by atoms with Gasteiger partial charge < -0.3 is 19.2 Å². The van der Waals surface area contributed by atoms with Gasteiger partial charge in [-0.1, -0.05) is 0 Å². The van der Waals surface area contributed by atoms with Crippen LogP contribution >= 0.6 is 0 Å². The molecule has 1 aromatic rings. The predicted octanol–water partition coefficient (Wildman–Crippen LogP) is 0.664. The fourth-order valence-electron chi connectivity index (χ4n) is 2.51. The monoisotopic (exact) mass is 346 g/mol. The van der Waals surface area contributed by atoms with Crippen LogP contribution < -0.4 is 4.72 Å². The smallest absolute Gasteiger partial charge is 0.355 e. The van der Waals surface area contributed by atoms with E-state index in [1.807, 2.05) is 0 Å². The summed E-state index contributed by atoms with van der Waals surface area (Å²) in [5.74, 6) is -0.586. The molecule has 0 amide bonds. The molecule has 130 valence electrons. The average Bonchev–Trinajstić information content (AvgIpc) is 3.16. The van der Waals surface area contributed by atoms with Gasteiger partial charge in [0.2, 0.25) is 10.0 Å². The summed E-state index contributed by atoms with van der Waals surface area (Å²) < 4.78 is 41.9. The van der Waals surface area contributed by atoms with Crippen LogP contribution in [0.25, 0.3) is 0 Å². The van der Waals surface area contributed by atoms with Crippen LogP contribution in [0.15, 0.2) is 17.2 Å². The standard InChI is InChI=1S/C14H22N2O6S/c1-20-7-6-16-23(18,19)10-8-11(15-9-10)14(17)22-13-5-3-4-12(13)21-2/h8-9,12-13,15-16H,3-7H2,1-2H3/t12-,13+/m0/s1. The maximum absolute atomic E-state index is 12.1. The summed E-state index contributed by atoms with van der Waals surface area (Å²) in [6.45, 7) is 0.417. The first-order chi connectivity index (χ1) is 11.0. The van der Waals surface area contributed by atoms with Crippen LogP contribution in [-0.2, 0) is 24.2 Å². The number of carbonyl (C=O) groups is 1. The summed E-state index contributed by atoms with van der Waals surface area (Å²) in [6.07, 6.45) is 3.39. The van der Waals surface area contributed by atoms with Crippen molar-refractivity contribution in [2.45, 2.75) is 36.4 Å². The van der Waals surface area contributed by atoms with Crippen LogP contribution in [0.1, 0.15) is 29.8 Å². The Morgan fingerprint density at radius 2 is 2.09 bits per heavy atom. The Hall–Kier alpha value is -1.42. The van der Waals surface area contributed by atoms with Gasteiger partial charge >= 0.3 is 5.97 Å². The molecule has 1 aromatic heterocycles. The normalized spacial score (nSPS) is 21.5. The van der Waals surface area contributed by atoms with Crippen molar-refractivity contribution < 1.29 is 27.4 Å². The van der Waals surface area contributed by atoms with E-state index in [0.29, 0.717) is 0 Å². The van der Waals surface area contributed by atoms with E-state index in [4.69, 9.17) is 14.2 Å². The largest absolute Gasteiger partial charge is 0.455 e. The van der Waals surface area contributed by atoms with E-state index in [1.165, 1.54) is 19.4 Å². The third-order valence-corrected chi connectivity index (χ3v) is 5.18. The molecule has 0 saturated heterocycles. The number of hydrogen-bond donors (Lipinski definition) is 2. The van der Waals surface area contributed by atoms with Crippen molar-refractivity contribution in [3.05, 3.63) is 18.0 Å². The molecule has 2 atom stereocenters. The molecular formula is C14H22N2O6S. The second-order valence-electron chi connectivity index (χ2n) is 5.29. The van der Waals surface area contributed by atoms with Gasteiger partial charge in [-0.15, -0.1) is 0 Å². The van der Waals surface area contributed by atoms with Gasteiger partial charge in [0.1, 0.15) is 16.7 Å². The number of rotatable bonds is 8. The van der Waals surface area contributed by atoms with E-state index in [1.54, 1.807) is 7.11 Å². The Balaban J connectivity index is 1.99. The van der Waals surface area contributed by atoms with Gasteiger partial charge in [0.25, 0.3) is 0 Å². The van der Waals surface area contributed by atoms with Crippen LogP contribution in [0.3, 0.4) is 0 Å². The highest BCUT2D eigenvalue weighted by Crippen LogP contribution is 2.25. The molecule has 1 saturated carbocycles. The molecule has 2 N–H and O–H groups in total. The highest BCUT2D eigenvalue weighted by molar-refractivity contribution is 7.89. The molecule has 0 spiro atoms. The van der Waals surface area contributed by atoms with Crippen LogP contribution in [-0.4, -0.2) is 59.0 Å².